The molecule has 3 heterocycles. The number of nitrogens with zero attached hydrogens (tertiary/aromatic N) is 4. The number of benzene rings is 1. The van der Waals surface area contributed by atoms with Gasteiger partial charge in [-0.3, -0.25) is 9.78 Å². The van der Waals surface area contributed by atoms with E-state index in [2.05, 4.69) is 26.2 Å². The van der Waals surface area contributed by atoms with Crippen molar-refractivity contribution >= 4 is 39.4 Å². The van der Waals surface area contributed by atoms with Crippen molar-refractivity contribution < 1.29 is 4.79 Å². The monoisotopic (exact) mass is 467 g/mol. The minimum atomic E-state index is -0.245. The van der Waals surface area contributed by atoms with Crippen LogP contribution in [0.25, 0.3) is 0 Å². The second kappa shape index (κ2) is 7.76. The highest BCUT2D eigenvalue weighted by Crippen LogP contribution is 2.40. The van der Waals surface area contributed by atoms with Crippen molar-refractivity contribution in [1.29, 1.82) is 0 Å². The largest absolute Gasteiger partial charge is 0.328 e. The molecule has 1 aromatic carbocycles. The molecule has 0 bridgehead atoms. The Balaban J connectivity index is 1.52. The summed E-state index contributed by atoms with van der Waals surface area (Å²) in [7, 11) is 0. The number of fused-ring (bicyclic) bond motifs is 1. The topological polar surface area (TPSA) is 72.7 Å². The van der Waals surface area contributed by atoms with Gasteiger partial charge in [0, 0.05) is 40.3 Å². The van der Waals surface area contributed by atoms with Crippen LogP contribution in [-0.4, -0.2) is 25.5 Å². The third-order valence-electron chi connectivity index (χ3n) is 5.15. The van der Waals surface area contributed by atoms with Gasteiger partial charge >= 0.3 is 0 Å². The molecule has 2 aliphatic rings. The molecule has 0 saturated heterocycles. The van der Waals surface area contributed by atoms with E-state index in [-0.39, 0.29) is 11.8 Å². The van der Waals surface area contributed by atoms with E-state index in [0.717, 1.165) is 39.9 Å². The molecule has 1 N–H and O–H groups in total. The summed E-state index contributed by atoms with van der Waals surface area (Å²) in [5, 5.41) is 8.83. The van der Waals surface area contributed by atoms with Crippen molar-refractivity contribution in [3.05, 3.63) is 75.7 Å². The molecule has 5 rings (SSSR count). The average Bonchev–Trinajstić information content (AvgIpc) is 3.15. The summed E-state index contributed by atoms with van der Waals surface area (Å²) < 4.78 is 2.87. The Bertz CT molecular complexity index is 1090. The number of hydrogen-bond acceptors (Lipinski definition) is 6. The molecule has 1 atom stereocenters. The molecule has 1 aliphatic heterocycles. The van der Waals surface area contributed by atoms with E-state index in [1.54, 1.807) is 24.2 Å². The van der Waals surface area contributed by atoms with Gasteiger partial charge in [-0.25, -0.2) is 4.68 Å². The van der Waals surface area contributed by atoms with Crippen LogP contribution < -0.4 is 5.32 Å². The number of ketones is 1. The molecule has 3 aromatic rings. The van der Waals surface area contributed by atoms with Crippen LogP contribution in [-0.2, 0) is 10.5 Å². The predicted octanol–water partition coefficient (Wildman–Crippen LogP) is 4.75. The first kappa shape index (κ1) is 18.6. The summed E-state index contributed by atoms with van der Waals surface area (Å²) >= 11 is 5.07. The van der Waals surface area contributed by atoms with Gasteiger partial charge in [-0.05, 0) is 48.2 Å². The summed E-state index contributed by atoms with van der Waals surface area (Å²) in [6, 6.07) is 11.8. The Morgan fingerprint density at radius 3 is 2.72 bits per heavy atom. The maximum Gasteiger partial charge on any atom is 0.227 e. The number of carbonyl (C=O) groups is 1. The maximum atomic E-state index is 12.8. The van der Waals surface area contributed by atoms with Crippen molar-refractivity contribution in [3.63, 3.8) is 0 Å². The Hall–Kier alpha value is -2.45. The van der Waals surface area contributed by atoms with Gasteiger partial charge in [-0.15, -0.1) is 5.10 Å². The molecule has 0 fully saturated rings. The van der Waals surface area contributed by atoms with Gasteiger partial charge in [0.2, 0.25) is 11.1 Å². The molecule has 6 nitrogen and oxygen atoms in total. The second-order valence-corrected chi connectivity index (χ2v) is 8.91. The van der Waals surface area contributed by atoms with Gasteiger partial charge in [-0.1, -0.05) is 39.8 Å². The molecule has 29 heavy (non-hydrogen) atoms. The van der Waals surface area contributed by atoms with E-state index in [0.29, 0.717) is 17.5 Å². The summed E-state index contributed by atoms with van der Waals surface area (Å²) in [6.45, 7) is 0. The van der Waals surface area contributed by atoms with Gasteiger partial charge in [-0.2, -0.15) is 4.98 Å². The first-order valence-corrected chi connectivity index (χ1v) is 11.2. The van der Waals surface area contributed by atoms with E-state index < -0.39 is 0 Å². The van der Waals surface area contributed by atoms with E-state index in [1.807, 2.05) is 41.1 Å². The van der Waals surface area contributed by atoms with Crippen LogP contribution >= 0.6 is 27.7 Å². The first-order chi connectivity index (χ1) is 14.2. The highest BCUT2D eigenvalue weighted by atomic mass is 79.9. The summed E-state index contributed by atoms with van der Waals surface area (Å²) in [6.07, 6.45) is 5.89. The van der Waals surface area contributed by atoms with Crippen molar-refractivity contribution in [2.75, 3.05) is 5.32 Å². The number of nitrogens with one attached hydrogen (secondary N) is 1. The highest BCUT2D eigenvalue weighted by Gasteiger charge is 2.36. The number of anilines is 1. The zero-order chi connectivity index (χ0) is 19.8. The van der Waals surface area contributed by atoms with Crippen LogP contribution in [0.15, 0.2) is 69.7 Å². The number of carbonyl (C=O) groups excluding carboxylic acids is 1. The third kappa shape index (κ3) is 3.62. The van der Waals surface area contributed by atoms with Gasteiger partial charge in [0.25, 0.3) is 0 Å². The molecule has 0 amide bonds. The quantitative estimate of drug-likeness (QED) is 0.558. The van der Waals surface area contributed by atoms with E-state index in [9.17, 15) is 4.79 Å². The minimum Gasteiger partial charge on any atom is -0.328 e. The number of thioether (sulfide) groups is 1. The van der Waals surface area contributed by atoms with Crippen LogP contribution in [0.2, 0.25) is 0 Å². The van der Waals surface area contributed by atoms with E-state index in [1.165, 1.54) is 5.56 Å². The number of hydrogen-bond donors (Lipinski definition) is 1. The lowest BCUT2D eigenvalue weighted by atomic mass is 9.85. The number of pyridine rings is 1. The second-order valence-electron chi connectivity index (χ2n) is 7.05. The zero-order valence-electron chi connectivity index (χ0n) is 15.5. The van der Waals surface area contributed by atoms with Crippen molar-refractivity contribution in [1.82, 2.24) is 19.7 Å². The molecular formula is C21H18BrN5OS. The summed E-state index contributed by atoms with van der Waals surface area (Å²) in [5.74, 6) is 1.66. The summed E-state index contributed by atoms with van der Waals surface area (Å²) in [4.78, 5) is 21.6. The molecule has 0 unspecified atom stereocenters. The molecule has 0 saturated carbocycles. The Labute approximate surface area is 181 Å². The fraction of sp³-hybridized carbons (Fsp3) is 0.238. The molecule has 2 aromatic heterocycles. The number of rotatable bonds is 4. The Kier molecular flexibility index (Phi) is 4.97. The molecule has 146 valence electrons. The Morgan fingerprint density at radius 2 is 1.93 bits per heavy atom. The van der Waals surface area contributed by atoms with Crippen LogP contribution in [0.1, 0.15) is 36.4 Å². The lowest BCUT2D eigenvalue weighted by Gasteiger charge is -2.32. The van der Waals surface area contributed by atoms with Crippen molar-refractivity contribution in [2.24, 2.45) is 0 Å². The number of aromatic nitrogens is 4. The first-order valence-electron chi connectivity index (χ1n) is 9.46. The van der Waals surface area contributed by atoms with E-state index in [4.69, 9.17) is 10.1 Å². The van der Waals surface area contributed by atoms with Crippen LogP contribution in [0, 0.1) is 0 Å². The number of Topliss-reactive ketones (excluding diaryl/α,β-unsaturated/α-hetero) is 1. The molecule has 8 heteroatoms. The fourth-order valence-electron chi connectivity index (χ4n) is 3.78. The summed E-state index contributed by atoms with van der Waals surface area (Å²) in [5.41, 5.74) is 4.01. The lowest BCUT2D eigenvalue weighted by Crippen LogP contribution is -2.31. The van der Waals surface area contributed by atoms with Crippen molar-refractivity contribution in [3.8, 4) is 0 Å². The fourth-order valence-corrected chi connectivity index (χ4v) is 4.83. The SMILES string of the molecule is O=C1CCCC2=C1[C@@H](c1ccc(Br)cc1)n1nc(SCc3ccncc3)nc1N2. The normalized spacial score (nSPS) is 18.2. The number of allylic oxidation sites excluding steroid dienone is 2. The van der Waals surface area contributed by atoms with Crippen molar-refractivity contribution in [2.45, 2.75) is 36.2 Å². The number of halogens is 1. The average molecular weight is 468 g/mol. The lowest BCUT2D eigenvalue weighted by molar-refractivity contribution is -0.116. The zero-order valence-corrected chi connectivity index (χ0v) is 17.9. The van der Waals surface area contributed by atoms with Gasteiger partial charge in [0.05, 0.1) is 0 Å². The van der Waals surface area contributed by atoms with Gasteiger partial charge in [0.1, 0.15) is 6.04 Å². The third-order valence-corrected chi connectivity index (χ3v) is 6.59. The molecule has 1 aliphatic carbocycles. The predicted molar refractivity (Wildman–Crippen MR) is 116 cm³/mol. The van der Waals surface area contributed by atoms with Crippen LogP contribution in [0.3, 0.4) is 0 Å². The van der Waals surface area contributed by atoms with Gasteiger partial charge < -0.3 is 5.32 Å². The smallest absolute Gasteiger partial charge is 0.227 e. The molecule has 0 spiro atoms. The standard InChI is InChI=1S/C21H18BrN5OS/c22-15-6-4-14(5-7-15)19-18-16(2-1-3-17(18)28)24-20-25-21(26-27(19)20)29-12-13-8-10-23-11-9-13/h4-11,19H,1-3,12H2,(H,24,25,26)/t19-/m1/s1. The van der Waals surface area contributed by atoms with Crippen LogP contribution in [0.5, 0.6) is 0 Å². The Morgan fingerprint density at radius 1 is 1.14 bits per heavy atom. The minimum absolute atomic E-state index is 0.193. The van der Waals surface area contributed by atoms with E-state index >= 15 is 0 Å². The highest BCUT2D eigenvalue weighted by molar-refractivity contribution is 9.10. The van der Waals surface area contributed by atoms with Gasteiger partial charge in [0.15, 0.2) is 5.78 Å². The van der Waals surface area contributed by atoms with Crippen LogP contribution in [0.4, 0.5) is 5.95 Å². The molecular weight excluding hydrogens is 450 g/mol. The molecule has 0 radical (unpaired) electrons. The maximum absolute atomic E-state index is 12.8.